The number of nitrogens with zero attached hydrogens (tertiary/aromatic N) is 5. The molecule has 1 amide bonds. The van der Waals surface area contributed by atoms with Crippen LogP contribution in [0, 0.1) is 28.5 Å². The summed E-state index contributed by atoms with van der Waals surface area (Å²) in [4.78, 5) is 13.8. The van der Waals surface area contributed by atoms with Crippen molar-refractivity contribution in [1.29, 1.82) is 10.5 Å². The first-order valence-corrected chi connectivity index (χ1v) is 11.1. The van der Waals surface area contributed by atoms with Crippen LogP contribution in [-0.4, -0.2) is 38.3 Å². The summed E-state index contributed by atoms with van der Waals surface area (Å²) in [6.07, 6.45) is 0.135. The Morgan fingerprint density at radius 1 is 1.24 bits per heavy atom. The highest BCUT2D eigenvalue weighted by atomic mass is 19.1. The number of hydrogen-bond donors (Lipinski definition) is 1. The Balaban J connectivity index is 1.59. The van der Waals surface area contributed by atoms with E-state index >= 15 is 0 Å². The highest BCUT2D eigenvalue weighted by Gasteiger charge is 2.36. The second-order valence-corrected chi connectivity index (χ2v) is 8.85. The largest absolute Gasteiger partial charge is 0.392 e. The molecule has 0 saturated carbocycles. The van der Waals surface area contributed by atoms with E-state index in [2.05, 4.69) is 6.07 Å². The number of rotatable bonds is 3. The Bertz CT molecular complexity index is 1400. The molecule has 8 heteroatoms. The monoisotopic (exact) mass is 455 g/mol. The molecule has 2 heterocycles. The smallest absolute Gasteiger partial charge is 0.219 e. The van der Waals surface area contributed by atoms with E-state index in [0.717, 1.165) is 16.8 Å². The third kappa shape index (κ3) is 3.63. The molecule has 0 fully saturated rings. The minimum Gasteiger partial charge on any atom is -0.392 e. The van der Waals surface area contributed by atoms with E-state index in [-0.39, 0.29) is 11.5 Å². The SMILES string of the molecule is CC(=O)N1CCc2c(c(-c3cccc(C#N)c3)nn2CC2c3cc(F)cc(C#N)c3C[C@H]2O)C1. The van der Waals surface area contributed by atoms with Gasteiger partial charge in [0.15, 0.2) is 0 Å². The lowest BCUT2D eigenvalue weighted by atomic mass is 9.97. The van der Waals surface area contributed by atoms with Crippen molar-refractivity contribution < 1.29 is 14.3 Å². The molecule has 2 atom stereocenters. The van der Waals surface area contributed by atoms with E-state index in [1.807, 2.05) is 16.8 Å². The maximum atomic E-state index is 14.2. The minimum absolute atomic E-state index is 0.0187. The molecule has 1 unspecified atom stereocenters. The fourth-order valence-electron chi connectivity index (χ4n) is 5.16. The van der Waals surface area contributed by atoms with Gasteiger partial charge in [0.05, 0.1) is 41.6 Å². The predicted octanol–water partition coefficient (Wildman–Crippen LogP) is 3.04. The maximum absolute atomic E-state index is 14.2. The zero-order chi connectivity index (χ0) is 24.0. The van der Waals surface area contributed by atoms with Gasteiger partial charge < -0.3 is 10.0 Å². The molecule has 1 N–H and O–H groups in total. The van der Waals surface area contributed by atoms with Gasteiger partial charge in [-0.25, -0.2) is 4.39 Å². The summed E-state index contributed by atoms with van der Waals surface area (Å²) >= 11 is 0. The zero-order valence-electron chi connectivity index (χ0n) is 18.6. The summed E-state index contributed by atoms with van der Waals surface area (Å²) < 4.78 is 16.1. The van der Waals surface area contributed by atoms with Crippen LogP contribution < -0.4 is 0 Å². The summed E-state index contributed by atoms with van der Waals surface area (Å²) in [5.41, 5.74) is 5.46. The first-order chi connectivity index (χ1) is 16.4. The van der Waals surface area contributed by atoms with Crippen molar-refractivity contribution in [2.45, 2.75) is 44.9 Å². The quantitative estimate of drug-likeness (QED) is 0.654. The third-order valence-electron chi connectivity index (χ3n) is 6.86. The number of aliphatic hydroxyl groups excluding tert-OH is 1. The van der Waals surface area contributed by atoms with Gasteiger partial charge in [-0.05, 0) is 35.4 Å². The van der Waals surface area contributed by atoms with Gasteiger partial charge in [0.25, 0.3) is 0 Å². The number of aromatic nitrogens is 2. The lowest BCUT2D eigenvalue weighted by molar-refractivity contribution is -0.129. The fourth-order valence-corrected chi connectivity index (χ4v) is 5.16. The average Bonchev–Trinajstić information content (AvgIpc) is 3.36. The molecule has 0 bridgehead atoms. The Hall–Kier alpha value is -4.01. The van der Waals surface area contributed by atoms with E-state index in [1.165, 1.54) is 12.1 Å². The summed E-state index contributed by atoms with van der Waals surface area (Å²) in [5, 5.41) is 34.5. The van der Waals surface area contributed by atoms with Gasteiger partial charge in [-0.1, -0.05) is 12.1 Å². The highest BCUT2D eigenvalue weighted by molar-refractivity contribution is 5.75. The molecule has 0 radical (unpaired) electrons. The molecule has 0 saturated heterocycles. The summed E-state index contributed by atoms with van der Waals surface area (Å²) in [7, 11) is 0. The van der Waals surface area contributed by atoms with Crippen molar-refractivity contribution in [3.63, 3.8) is 0 Å². The standard InChI is InChI=1S/C26H22FN5O2/c1-15(33)31-6-5-24-23(13-31)26(17-4-2-3-16(7-17)11-28)30-32(24)14-22-21-9-19(27)8-18(12-29)20(21)10-25(22)34/h2-4,7-9,22,25,34H,5-6,10,13-14H2,1H3/t22?,25-/m1/s1. The second-order valence-electron chi connectivity index (χ2n) is 8.85. The van der Waals surface area contributed by atoms with Gasteiger partial charge >= 0.3 is 0 Å². The molecule has 1 aromatic heterocycles. The molecule has 0 spiro atoms. The molecule has 2 aromatic carbocycles. The lowest BCUT2D eigenvalue weighted by Crippen LogP contribution is -2.35. The normalized spacial score (nSPS) is 18.7. The predicted molar refractivity (Wildman–Crippen MR) is 121 cm³/mol. The van der Waals surface area contributed by atoms with Crippen LogP contribution in [0.4, 0.5) is 4.39 Å². The fraction of sp³-hybridized carbons (Fsp3) is 0.308. The van der Waals surface area contributed by atoms with Gasteiger partial charge in [-0.2, -0.15) is 15.6 Å². The van der Waals surface area contributed by atoms with Crippen LogP contribution in [0.1, 0.15) is 46.4 Å². The van der Waals surface area contributed by atoms with E-state index < -0.39 is 17.8 Å². The van der Waals surface area contributed by atoms with Gasteiger partial charge in [-0.3, -0.25) is 9.48 Å². The molecule has 170 valence electrons. The highest BCUT2D eigenvalue weighted by Crippen LogP contribution is 2.39. The average molecular weight is 455 g/mol. The van der Waals surface area contributed by atoms with Gasteiger partial charge in [0.2, 0.25) is 5.91 Å². The number of amides is 1. The first kappa shape index (κ1) is 21.8. The number of carbonyl (C=O) groups excluding carboxylic acids is 1. The van der Waals surface area contributed by atoms with Gasteiger partial charge in [0, 0.05) is 55.6 Å². The topological polar surface area (TPSA) is 106 Å². The Labute approximate surface area is 196 Å². The van der Waals surface area contributed by atoms with Crippen molar-refractivity contribution in [2.75, 3.05) is 6.54 Å². The Kier molecular flexibility index (Phi) is 5.39. The summed E-state index contributed by atoms with van der Waals surface area (Å²) in [5.74, 6) is -0.927. The van der Waals surface area contributed by atoms with E-state index in [4.69, 9.17) is 5.10 Å². The maximum Gasteiger partial charge on any atom is 0.219 e. The molecular formula is C26H22FN5O2. The zero-order valence-corrected chi connectivity index (χ0v) is 18.6. The Morgan fingerprint density at radius 2 is 2.06 bits per heavy atom. The summed E-state index contributed by atoms with van der Waals surface area (Å²) in [6, 6.07) is 14.0. The number of halogens is 1. The number of hydrogen-bond acceptors (Lipinski definition) is 5. The van der Waals surface area contributed by atoms with Crippen molar-refractivity contribution in [3.05, 3.63) is 75.7 Å². The number of benzene rings is 2. The second kappa shape index (κ2) is 8.40. The molecule has 1 aliphatic carbocycles. The molecule has 1 aliphatic heterocycles. The van der Waals surface area contributed by atoms with Crippen molar-refractivity contribution in [3.8, 4) is 23.4 Å². The van der Waals surface area contributed by atoms with Crippen LogP contribution in [0.5, 0.6) is 0 Å². The Morgan fingerprint density at radius 3 is 2.79 bits per heavy atom. The molecule has 34 heavy (non-hydrogen) atoms. The van der Waals surface area contributed by atoms with Crippen molar-refractivity contribution in [1.82, 2.24) is 14.7 Å². The van der Waals surface area contributed by atoms with Gasteiger partial charge in [-0.15, -0.1) is 0 Å². The molecular weight excluding hydrogens is 433 g/mol. The first-order valence-electron chi connectivity index (χ1n) is 11.1. The number of carbonyl (C=O) groups is 1. The minimum atomic E-state index is -0.758. The molecule has 7 nitrogen and oxygen atoms in total. The van der Waals surface area contributed by atoms with Crippen LogP contribution in [0.25, 0.3) is 11.3 Å². The van der Waals surface area contributed by atoms with Gasteiger partial charge in [0.1, 0.15) is 5.82 Å². The van der Waals surface area contributed by atoms with Crippen molar-refractivity contribution >= 4 is 5.91 Å². The van der Waals surface area contributed by atoms with Crippen LogP contribution in [0.2, 0.25) is 0 Å². The van der Waals surface area contributed by atoms with E-state index in [1.54, 1.807) is 30.0 Å². The van der Waals surface area contributed by atoms with E-state index in [0.29, 0.717) is 54.9 Å². The van der Waals surface area contributed by atoms with Crippen molar-refractivity contribution in [2.24, 2.45) is 0 Å². The van der Waals surface area contributed by atoms with Crippen LogP contribution in [0.3, 0.4) is 0 Å². The molecule has 3 aromatic rings. The molecule has 5 rings (SSSR count). The van der Waals surface area contributed by atoms with Crippen LogP contribution in [0.15, 0.2) is 36.4 Å². The van der Waals surface area contributed by atoms with Crippen LogP contribution >= 0.6 is 0 Å². The summed E-state index contributed by atoms with van der Waals surface area (Å²) in [6.45, 7) is 2.83. The van der Waals surface area contributed by atoms with E-state index in [9.17, 15) is 24.8 Å². The van der Waals surface area contributed by atoms with Crippen LogP contribution in [-0.2, 0) is 30.7 Å². The lowest BCUT2D eigenvalue weighted by Gasteiger charge is -2.27. The number of aliphatic hydroxyl groups is 1. The number of fused-ring (bicyclic) bond motifs is 2. The molecule has 2 aliphatic rings. The third-order valence-corrected chi connectivity index (χ3v) is 6.86. The number of nitriles is 2.